The number of likely N-dealkylation sites (tertiary alicyclic amines) is 1. The fraction of sp³-hybridized carbons (Fsp3) is 0.692. The molecule has 1 aromatic carbocycles. The van der Waals surface area contributed by atoms with Gasteiger partial charge < -0.3 is 10.1 Å². The average Bonchev–Trinajstić information content (AvgIpc) is 2.78. The molecule has 172 valence electrons. The molecule has 1 saturated carbocycles. The topological polar surface area (TPSA) is 27.7 Å². The average molecular weight is 446 g/mol. The van der Waals surface area contributed by atoms with Crippen LogP contribution in [-0.4, -0.2) is 54.8 Å². The third-order valence-corrected chi connectivity index (χ3v) is 7.54. The molecule has 1 saturated heterocycles. The molecule has 1 N–H and O–H groups in total. The Kier molecular flexibility index (Phi) is 8.19. The number of nitrogens with one attached hydrogen (secondary N) is 1. The number of hydrogen-bond acceptors (Lipinski definition) is 4. The lowest BCUT2D eigenvalue weighted by Gasteiger charge is -2.38. The zero-order valence-corrected chi connectivity index (χ0v) is 20.2. The summed E-state index contributed by atoms with van der Waals surface area (Å²) in [6.07, 6.45) is 13.2. The van der Waals surface area contributed by atoms with Crippen molar-refractivity contribution >= 4 is 11.6 Å². The van der Waals surface area contributed by atoms with E-state index >= 15 is 0 Å². The van der Waals surface area contributed by atoms with Gasteiger partial charge in [-0.15, -0.1) is 0 Å². The van der Waals surface area contributed by atoms with Gasteiger partial charge >= 0.3 is 0 Å². The zero-order chi connectivity index (χ0) is 21.6. The molecule has 5 heteroatoms. The molecule has 1 aromatic rings. The summed E-state index contributed by atoms with van der Waals surface area (Å²) in [4.78, 5) is 5.25. The third kappa shape index (κ3) is 6.63. The van der Waals surface area contributed by atoms with Gasteiger partial charge in [-0.1, -0.05) is 36.9 Å². The lowest BCUT2D eigenvalue weighted by atomic mass is 9.90. The van der Waals surface area contributed by atoms with E-state index < -0.39 is 0 Å². The molecule has 4 nitrogen and oxygen atoms in total. The van der Waals surface area contributed by atoms with E-state index in [0.29, 0.717) is 5.92 Å². The van der Waals surface area contributed by atoms with Crippen LogP contribution in [0.15, 0.2) is 30.0 Å². The van der Waals surface area contributed by atoms with Crippen LogP contribution in [0.2, 0.25) is 5.02 Å². The highest BCUT2D eigenvalue weighted by Gasteiger charge is 2.25. The molecule has 0 unspecified atom stereocenters. The van der Waals surface area contributed by atoms with Crippen LogP contribution in [0.1, 0.15) is 64.4 Å². The van der Waals surface area contributed by atoms with Crippen LogP contribution in [0.25, 0.3) is 0 Å². The van der Waals surface area contributed by atoms with Gasteiger partial charge in [0.2, 0.25) is 0 Å². The number of halogens is 1. The van der Waals surface area contributed by atoms with Gasteiger partial charge in [0.05, 0.1) is 12.8 Å². The Morgan fingerprint density at radius 2 is 1.87 bits per heavy atom. The van der Waals surface area contributed by atoms with E-state index in [2.05, 4.69) is 41.1 Å². The van der Waals surface area contributed by atoms with Crippen molar-refractivity contribution in [2.75, 3.05) is 32.8 Å². The van der Waals surface area contributed by atoms with Crippen LogP contribution in [0.4, 0.5) is 0 Å². The SMILES string of the molecule is CC(C)Oc1ccc(Cl)c(CC2CCN(CC3=CCN(C4CCCCC4)CN3)CC2)c1. The Bertz CT molecular complexity index is 736. The molecule has 2 aliphatic heterocycles. The fourth-order valence-corrected chi connectivity index (χ4v) is 5.56. The first-order chi connectivity index (χ1) is 15.1. The second kappa shape index (κ2) is 11.1. The van der Waals surface area contributed by atoms with Crippen molar-refractivity contribution in [3.63, 3.8) is 0 Å². The lowest BCUT2D eigenvalue weighted by molar-refractivity contribution is 0.148. The molecule has 2 fully saturated rings. The number of hydrogen-bond donors (Lipinski definition) is 1. The molecule has 1 aliphatic carbocycles. The minimum atomic E-state index is 0.190. The Morgan fingerprint density at radius 1 is 1.10 bits per heavy atom. The maximum Gasteiger partial charge on any atom is 0.120 e. The van der Waals surface area contributed by atoms with E-state index in [1.807, 2.05) is 12.1 Å². The van der Waals surface area contributed by atoms with Crippen LogP contribution in [0.3, 0.4) is 0 Å². The third-order valence-electron chi connectivity index (χ3n) is 7.17. The Balaban J connectivity index is 1.22. The molecular formula is C26H40ClN3O. The van der Waals surface area contributed by atoms with E-state index in [4.69, 9.17) is 16.3 Å². The van der Waals surface area contributed by atoms with E-state index in [-0.39, 0.29) is 6.10 Å². The number of ether oxygens (including phenoxy) is 1. The van der Waals surface area contributed by atoms with Crippen LogP contribution >= 0.6 is 11.6 Å². The number of rotatable bonds is 7. The van der Waals surface area contributed by atoms with Crippen LogP contribution in [0, 0.1) is 5.92 Å². The van der Waals surface area contributed by atoms with Crippen molar-refractivity contribution in [1.29, 1.82) is 0 Å². The standard InChI is InChI=1S/C26H40ClN3O/c1-20(2)31-25-8-9-26(27)22(17-25)16-21-10-13-29(14-11-21)18-23-12-15-30(19-28-23)24-6-4-3-5-7-24/h8-9,12,17,20-21,24,28H,3-7,10-11,13-16,18-19H2,1-2H3. The number of benzene rings is 1. The highest BCUT2D eigenvalue weighted by molar-refractivity contribution is 6.31. The summed E-state index contributed by atoms with van der Waals surface area (Å²) in [6, 6.07) is 6.91. The summed E-state index contributed by atoms with van der Waals surface area (Å²) in [5.41, 5.74) is 2.66. The molecule has 31 heavy (non-hydrogen) atoms. The largest absolute Gasteiger partial charge is 0.491 e. The monoisotopic (exact) mass is 445 g/mol. The summed E-state index contributed by atoms with van der Waals surface area (Å²) in [7, 11) is 0. The van der Waals surface area contributed by atoms with Gasteiger partial charge in [0.15, 0.2) is 0 Å². The molecule has 4 rings (SSSR count). The molecule has 0 radical (unpaired) electrons. The predicted molar refractivity (Wildman–Crippen MR) is 130 cm³/mol. The van der Waals surface area contributed by atoms with Gasteiger partial charge in [0.25, 0.3) is 0 Å². The number of piperidine rings is 1. The van der Waals surface area contributed by atoms with Crippen molar-refractivity contribution in [3.05, 3.63) is 40.6 Å². The molecule has 3 aliphatic rings. The molecule has 2 heterocycles. The van der Waals surface area contributed by atoms with Gasteiger partial charge in [-0.3, -0.25) is 9.80 Å². The summed E-state index contributed by atoms with van der Waals surface area (Å²) >= 11 is 6.49. The van der Waals surface area contributed by atoms with E-state index in [9.17, 15) is 0 Å². The second-order valence-corrected chi connectivity index (χ2v) is 10.4. The van der Waals surface area contributed by atoms with Crippen molar-refractivity contribution < 1.29 is 4.74 Å². The van der Waals surface area contributed by atoms with E-state index in [1.165, 1.54) is 69.3 Å². The normalized spacial score (nSPS) is 22.4. The van der Waals surface area contributed by atoms with Crippen molar-refractivity contribution in [2.45, 2.75) is 77.4 Å². The Morgan fingerprint density at radius 3 is 2.55 bits per heavy atom. The Hall–Kier alpha value is -1.23. The fourth-order valence-electron chi connectivity index (χ4n) is 5.37. The molecule has 0 amide bonds. The minimum absolute atomic E-state index is 0.190. The zero-order valence-electron chi connectivity index (χ0n) is 19.4. The molecular weight excluding hydrogens is 406 g/mol. The van der Waals surface area contributed by atoms with Gasteiger partial charge in [0, 0.05) is 29.9 Å². The maximum atomic E-state index is 6.49. The smallest absolute Gasteiger partial charge is 0.120 e. The van der Waals surface area contributed by atoms with Gasteiger partial charge in [-0.25, -0.2) is 0 Å². The summed E-state index contributed by atoms with van der Waals surface area (Å²) in [5, 5.41) is 4.58. The first kappa shape index (κ1) is 22.9. The van der Waals surface area contributed by atoms with Crippen molar-refractivity contribution in [3.8, 4) is 5.75 Å². The minimum Gasteiger partial charge on any atom is -0.491 e. The summed E-state index contributed by atoms with van der Waals surface area (Å²) < 4.78 is 5.86. The molecule has 0 bridgehead atoms. The highest BCUT2D eigenvalue weighted by Crippen LogP contribution is 2.29. The maximum absolute atomic E-state index is 6.49. The van der Waals surface area contributed by atoms with Gasteiger partial charge in [-0.2, -0.15) is 0 Å². The summed E-state index contributed by atoms with van der Waals surface area (Å²) in [6.45, 7) is 9.70. The quantitative estimate of drug-likeness (QED) is 0.603. The van der Waals surface area contributed by atoms with Crippen molar-refractivity contribution in [2.24, 2.45) is 5.92 Å². The van der Waals surface area contributed by atoms with Crippen LogP contribution in [0.5, 0.6) is 5.75 Å². The lowest BCUT2D eigenvalue weighted by Crippen LogP contribution is -2.47. The molecule has 0 spiro atoms. The van der Waals surface area contributed by atoms with Gasteiger partial charge in [0.1, 0.15) is 5.75 Å². The van der Waals surface area contributed by atoms with E-state index in [0.717, 1.165) is 43.0 Å². The highest BCUT2D eigenvalue weighted by atomic mass is 35.5. The second-order valence-electron chi connectivity index (χ2n) is 9.97. The van der Waals surface area contributed by atoms with Crippen LogP contribution in [-0.2, 0) is 6.42 Å². The van der Waals surface area contributed by atoms with Crippen LogP contribution < -0.4 is 10.1 Å². The van der Waals surface area contributed by atoms with E-state index in [1.54, 1.807) is 0 Å². The first-order valence-corrected chi connectivity index (χ1v) is 12.8. The van der Waals surface area contributed by atoms with Gasteiger partial charge in [-0.05, 0) is 88.7 Å². The first-order valence-electron chi connectivity index (χ1n) is 12.4. The molecule has 0 atom stereocenters. The summed E-state index contributed by atoms with van der Waals surface area (Å²) in [5.74, 6) is 1.64. The van der Waals surface area contributed by atoms with Crippen molar-refractivity contribution in [1.82, 2.24) is 15.1 Å². The predicted octanol–water partition coefficient (Wildman–Crippen LogP) is 5.46. The number of nitrogens with zero attached hydrogens (tertiary/aromatic N) is 2. The molecule has 0 aromatic heterocycles. The Labute approximate surface area is 194 Å².